The summed E-state index contributed by atoms with van der Waals surface area (Å²) in [6.07, 6.45) is 0. The zero-order valence-corrected chi connectivity index (χ0v) is 47.5. The van der Waals surface area contributed by atoms with E-state index >= 15 is 0 Å². The van der Waals surface area contributed by atoms with Crippen LogP contribution in [-0.2, 0) is 0 Å². The molecule has 0 unspecified atom stereocenters. The Balaban J connectivity index is 0.944. The summed E-state index contributed by atoms with van der Waals surface area (Å²) in [6, 6.07) is 120. The molecular formula is C84H54N2O. The first-order valence-electron chi connectivity index (χ1n) is 29.9. The molecule has 0 amide bonds. The van der Waals surface area contributed by atoms with Gasteiger partial charge in [0.1, 0.15) is 5.58 Å². The molecule has 3 nitrogen and oxygen atoms in total. The lowest BCUT2D eigenvalue weighted by atomic mass is 9.84. The van der Waals surface area contributed by atoms with Crippen molar-refractivity contribution in [1.29, 1.82) is 0 Å². The van der Waals surface area contributed by atoms with Crippen LogP contribution in [-0.4, -0.2) is 0 Å². The topological polar surface area (TPSA) is 19.6 Å². The van der Waals surface area contributed by atoms with Crippen LogP contribution in [0.25, 0.3) is 131 Å². The zero-order valence-electron chi connectivity index (χ0n) is 47.5. The van der Waals surface area contributed by atoms with Gasteiger partial charge in [-0.25, -0.2) is 0 Å². The highest BCUT2D eigenvalue weighted by Gasteiger charge is 2.30. The Labute approximate surface area is 504 Å². The Kier molecular flexibility index (Phi) is 11.9. The van der Waals surface area contributed by atoms with E-state index in [1.165, 1.54) is 60.5 Å². The number of fused-ring (bicyclic) bond motifs is 11. The van der Waals surface area contributed by atoms with Crippen molar-refractivity contribution in [1.82, 2.24) is 0 Å². The summed E-state index contributed by atoms with van der Waals surface area (Å²) < 4.78 is 7.33. The van der Waals surface area contributed by atoms with Crippen molar-refractivity contribution in [3.63, 3.8) is 0 Å². The van der Waals surface area contributed by atoms with Crippen molar-refractivity contribution in [2.45, 2.75) is 0 Å². The monoisotopic (exact) mass is 1110 g/mol. The lowest BCUT2D eigenvalue weighted by molar-refractivity contribution is 0.669. The zero-order chi connectivity index (χ0) is 57.4. The van der Waals surface area contributed by atoms with Crippen LogP contribution in [0.5, 0.6) is 0 Å². The first-order valence-corrected chi connectivity index (χ1v) is 29.9. The van der Waals surface area contributed by atoms with E-state index in [4.69, 9.17) is 4.42 Å². The van der Waals surface area contributed by atoms with Gasteiger partial charge < -0.3 is 14.2 Å². The third kappa shape index (κ3) is 8.27. The standard InChI is InChI=1S/C84H54N2O/c1-4-22-55(23-5-1)58-40-47-63(48-41-58)85(64-49-42-59(43-50-64)56-24-6-2-7-25-56)82-72-36-18-14-32-68(72)78(69-33-15-19-37-73(69)82)79-70-34-16-20-38-74(70)83(75-39-21-17-35-71(75)79)86(65-51-44-60(45-52-65)57-26-8-3-9-27-57)76-54-62-29-11-13-31-67(62)81-80-66-30-12-10-28-61(66)46-53-77(80)87-84(76)81/h1-54H. The predicted octanol–water partition coefficient (Wildman–Crippen LogP) is 24.1. The van der Waals surface area contributed by atoms with Crippen molar-refractivity contribution < 1.29 is 4.42 Å². The number of rotatable bonds is 10. The van der Waals surface area contributed by atoms with Crippen LogP contribution < -0.4 is 9.80 Å². The lowest BCUT2D eigenvalue weighted by Crippen LogP contribution is -2.12. The van der Waals surface area contributed by atoms with Crippen LogP contribution >= 0.6 is 0 Å². The highest BCUT2D eigenvalue weighted by atomic mass is 16.3. The summed E-state index contributed by atoms with van der Waals surface area (Å²) in [6.45, 7) is 0. The van der Waals surface area contributed by atoms with E-state index in [0.717, 1.165) is 105 Å². The van der Waals surface area contributed by atoms with Gasteiger partial charge in [0.25, 0.3) is 0 Å². The molecule has 0 saturated carbocycles. The van der Waals surface area contributed by atoms with Gasteiger partial charge in [-0.15, -0.1) is 0 Å². The number of hydrogen-bond acceptors (Lipinski definition) is 3. The van der Waals surface area contributed by atoms with E-state index in [9.17, 15) is 0 Å². The third-order valence-electron chi connectivity index (χ3n) is 17.8. The first-order chi connectivity index (χ1) is 43.2. The molecule has 0 fully saturated rings. The maximum absolute atomic E-state index is 7.33. The molecule has 0 spiro atoms. The van der Waals surface area contributed by atoms with Gasteiger partial charge in [0.05, 0.1) is 17.1 Å². The number of benzene rings is 16. The molecule has 0 aliphatic carbocycles. The van der Waals surface area contributed by atoms with E-state index in [-0.39, 0.29) is 0 Å². The van der Waals surface area contributed by atoms with Gasteiger partial charge in [0.15, 0.2) is 5.58 Å². The maximum atomic E-state index is 7.33. The average Bonchev–Trinajstić information content (AvgIpc) is 2.07. The molecule has 406 valence electrons. The third-order valence-corrected chi connectivity index (χ3v) is 17.8. The molecule has 0 aliphatic heterocycles. The Morgan fingerprint density at radius 2 is 0.529 bits per heavy atom. The largest absolute Gasteiger partial charge is 0.454 e. The molecule has 17 rings (SSSR count). The van der Waals surface area contributed by atoms with Gasteiger partial charge in [-0.3, -0.25) is 0 Å². The summed E-state index contributed by atoms with van der Waals surface area (Å²) in [4.78, 5) is 4.97. The summed E-state index contributed by atoms with van der Waals surface area (Å²) in [5, 5.41) is 16.1. The number of anilines is 6. The van der Waals surface area contributed by atoms with E-state index in [0.29, 0.717) is 0 Å². The second-order valence-electron chi connectivity index (χ2n) is 22.6. The number of hydrogen-bond donors (Lipinski definition) is 0. The normalized spacial score (nSPS) is 11.7. The van der Waals surface area contributed by atoms with Gasteiger partial charge in [0.2, 0.25) is 0 Å². The van der Waals surface area contributed by atoms with Gasteiger partial charge in [-0.05, 0) is 136 Å². The first kappa shape index (κ1) is 50.0. The number of furan rings is 1. The quantitative estimate of drug-likeness (QED) is 0.127. The maximum Gasteiger partial charge on any atom is 0.160 e. The molecule has 0 saturated heterocycles. The highest BCUT2D eigenvalue weighted by molar-refractivity contribution is 6.33. The van der Waals surface area contributed by atoms with Gasteiger partial charge in [0, 0.05) is 49.4 Å². The Morgan fingerprint density at radius 1 is 0.218 bits per heavy atom. The summed E-state index contributed by atoms with van der Waals surface area (Å²) in [7, 11) is 0. The van der Waals surface area contributed by atoms with Gasteiger partial charge in [-0.1, -0.05) is 279 Å². The van der Waals surface area contributed by atoms with Crippen molar-refractivity contribution in [2.24, 2.45) is 0 Å². The molecule has 1 aromatic heterocycles. The van der Waals surface area contributed by atoms with E-state index in [2.05, 4.69) is 337 Å². The second-order valence-corrected chi connectivity index (χ2v) is 22.6. The summed E-state index contributed by atoms with van der Waals surface area (Å²) in [5.74, 6) is 0. The lowest BCUT2D eigenvalue weighted by Gasteiger charge is -2.31. The molecule has 0 radical (unpaired) electrons. The minimum absolute atomic E-state index is 0.839. The molecule has 16 aromatic carbocycles. The predicted molar refractivity (Wildman–Crippen MR) is 370 cm³/mol. The molecular weight excluding hydrogens is 1050 g/mol. The molecule has 0 N–H and O–H groups in total. The molecule has 3 heteroatoms. The van der Waals surface area contributed by atoms with Crippen molar-refractivity contribution in [3.8, 4) is 44.5 Å². The van der Waals surface area contributed by atoms with Crippen molar-refractivity contribution in [3.05, 3.63) is 328 Å². The summed E-state index contributed by atoms with van der Waals surface area (Å²) >= 11 is 0. The Hall–Kier alpha value is -11.5. The van der Waals surface area contributed by atoms with Crippen LogP contribution in [0.1, 0.15) is 0 Å². The fourth-order valence-electron chi connectivity index (χ4n) is 13.9. The molecule has 1 heterocycles. The minimum atomic E-state index is 0.839. The van der Waals surface area contributed by atoms with E-state index in [1.54, 1.807) is 0 Å². The number of nitrogens with zero attached hydrogens (tertiary/aromatic N) is 2. The van der Waals surface area contributed by atoms with Gasteiger partial charge >= 0.3 is 0 Å². The molecule has 87 heavy (non-hydrogen) atoms. The van der Waals surface area contributed by atoms with Crippen LogP contribution in [0, 0.1) is 0 Å². The highest BCUT2D eigenvalue weighted by Crippen LogP contribution is 2.55. The molecule has 0 bridgehead atoms. The van der Waals surface area contributed by atoms with E-state index < -0.39 is 0 Å². The average molecular weight is 1110 g/mol. The van der Waals surface area contributed by atoms with Crippen molar-refractivity contribution >= 4 is 121 Å². The van der Waals surface area contributed by atoms with Gasteiger partial charge in [-0.2, -0.15) is 0 Å². The van der Waals surface area contributed by atoms with E-state index in [1.807, 2.05) is 0 Å². The van der Waals surface area contributed by atoms with Crippen LogP contribution in [0.4, 0.5) is 34.1 Å². The molecule has 0 aliphatic rings. The molecule has 0 atom stereocenters. The minimum Gasteiger partial charge on any atom is -0.454 e. The van der Waals surface area contributed by atoms with Crippen molar-refractivity contribution in [2.75, 3.05) is 9.80 Å². The van der Waals surface area contributed by atoms with Crippen LogP contribution in [0.15, 0.2) is 332 Å². The second kappa shape index (κ2) is 20.7. The van der Waals surface area contributed by atoms with Crippen LogP contribution in [0.3, 0.4) is 0 Å². The van der Waals surface area contributed by atoms with Crippen LogP contribution in [0.2, 0.25) is 0 Å². The fourth-order valence-corrected chi connectivity index (χ4v) is 13.9. The summed E-state index contributed by atoms with van der Waals surface area (Å²) in [5.41, 5.74) is 17.5. The SMILES string of the molecule is c1ccc(-c2ccc(N(c3ccc(-c4ccccc4)cc3)c3c4ccccc4c(-c4c5ccccc5c(N(c5ccc(-c6ccccc6)cc5)c5cc6ccccc6c6c5oc5ccc7ccccc7c56)c5ccccc45)c4ccccc34)cc2)cc1. The Bertz CT molecular complexity index is 5290. The fraction of sp³-hybridized carbons (Fsp3) is 0. The molecule has 17 aromatic rings. The smallest absolute Gasteiger partial charge is 0.160 e. The Morgan fingerprint density at radius 3 is 0.943 bits per heavy atom.